The Bertz CT molecular complexity index is 491. The van der Waals surface area contributed by atoms with E-state index in [9.17, 15) is 4.79 Å². The Morgan fingerprint density at radius 3 is 2.74 bits per heavy atom. The summed E-state index contributed by atoms with van der Waals surface area (Å²) in [5.74, 6) is 0.664. The van der Waals surface area contributed by atoms with E-state index in [1.807, 2.05) is 0 Å². The van der Waals surface area contributed by atoms with Crippen LogP contribution in [0, 0.1) is 0 Å². The lowest BCUT2D eigenvalue weighted by Crippen LogP contribution is -2.27. The quantitative estimate of drug-likeness (QED) is 0.749. The second-order valence-electron chi connectivity index (χ2n) is 5.57. The minimum Gasteiger partial charge on any atom is -0.353 e. The van der Waals surface area contributed by atoms with E-state index in [0.717, 1.165) is 37.2 Å². The average Bonchev–Trinajstić information content (AvgIpc) is 2.65. The van der Waals surface area contributed by atoms with E-state index >= 15 is 0 Å². The number of aromatic nitrogens is 2. The molecule has 1 aromatic heterocycles. The third-order valence-electron chi connectivity index (χ3n) is 4.14. The molecule has 1 fully saturated rings. The summed E-state index contributed by atoms with van der Waals surface area (Å²) in [7, 11) is 0. The maximum absolute atomic E-state index is 12.1. The van der Waals surface area contributed by atoms with Gasteiger partial charge >= 0.3 is 0 Å². The molecule has 2 aliphatic rings. The molecule has 5 nitrogen and oxygen atoms in total. The maximum Gasteiger partial charge on any atom is 0.255 e. The van der Waals surface area contributed by atoms with Gasteiger partial charge in [-0.25, -0.2) is 4.98 Å². The summed E-state index contributed by atoms with van der Waals surface area (Å²) in [4.78, 5) is 19.6. The maximum atomic E-state index is 12.1. The van der Waals surface area contributed by atoms with Crippen LogP contribution in [-0.4, -0.2) is 29.1 Å². The Kier molecular flexibility index (Phi) is 3.82. The van der Waals surface area contributed by atoms with Crippen LogP contribution < -0.4 is 16.2 Å². The third kappa shape index (κ3) is 2.97. The molecule has 0 bridgehead atoms. The predicted molar refractivity (Wildman–Crippen MR) is 75.6 cm³/mol. The molecule has 1 aliphatic carbocycles. The molecule has 104 valence electrons. The second kappa shape index (κ2) is 5.74. The van der Waals surface area contributed by atoms with E-state index in [1.54, 1.807) is 0 Å². The van der Waals surface area contributed by atoms with Crippen LogP contribution in [0.15, 0.2) is 4.79 Å². The number of nitrogens with zero attached hydrogens (tertiary/aromatic N) is 1. The van der Waals surface area contributed by atoms with Crippen molar-refractivity contribution in [3.05, 3.63) is 21.6 Å². The van der Waals surface area contributed by atoms with E-state index in [2.05, 4.69) is 20.6 Å². The Balaban J connectivity index is 1.80. The van der Waals surface area contributed by atoms with Crippen molar-refractivity contribution in [1.29, 1.82) is 0 Å². The molecule has 0 atom stereocenters. The van der Waals surface area contributed by atoms with E-state index in [0.29, 0.717) is 12.0 Å². The van der Waals surface area contributed by atoms with Crippen LogP contribution in [0.3, 0.4) is 0 Å². The molecule has 2 heterocycles. The fourth-order valence-electron chi connectivity index (χ4n) is 3.06. The smallest absolute Gasteiger partial charge is 0.255 e. The lowest BCUT2D eigenvalue weighted by molar-refractivity contribution is 0.460. The number of H-pyrrole nitrogens is 1. The van der Waals surface area contributed by atoms with E-state index < -0.39 is 0 Å². The minimum atomic E-state index is 0.0343. The third-order valence-corrected chi connectivity index (χ3v) is 4.14. The number of hydrogen-bond donors (Lipinski definition) is 3. The Morgan fingerprint density at radius 1 is 1.11 bits per heavy atom. The number of fused-ring (bicyclic) bond motifs is 1. The highest BCUT2D eigenvalue weighted by molar-refractivity contribution is 5.32. The van der Waals surface area contributed by atoms with Gasteiger partial charge < -0.3 is 10.6 Å². The first-order valence-corrected chi connectivity index (χ1v) is 7.42. The van der Waals surface area contributed by atoms with Crippen LogP contribution in [0.5, 0.6) is 0 Å². The van der Waals surface area contributed by atoms with Crippen LogP contribution >= 0.6 is 0 Å². The van der Waals surface area contributed by atoms with Crippen molar-refractivity contribution in [2.24, 2.45) is 0 Å². The lowest BCUT2D eigenvalue weighted by atomic mass is 9.96. The number of hydrogen-bond acceptors (Lipinski definition) is 4. The Hall–Kier alpha value is -1.36. The van der Waals surface area contributed by atoms with Crippen molar-refractivity contribution in [2.75, 3.05) is 18.4 Å². The molecule has 19 heavy (non-hydrogen) atoms. The summed E-state index contributed by atoms with van der Waals surface area (Å²) in [6.45, 7) is 1.78. The number of rotatable bonds is 2. The topological polar surface area (TPSA) is 69.8 Å². The van der Waals surface area contributed by atoms with Gasteiger partial charge in [0.05, 0.1) is 5.69 Å². The van der Waals surface area contributed by atoms with Gasteiger partial charge in [0.2, 0.25) is 5.95 Å². The monoisotopic (exact) mass is 262 g/mol. The van der Waals surface area contributed by atoms with Crippen molar-refractivity contribution >= 4 is 5.95 Å². The molecule has 1 saturated carbocycles. The van der Waals surface area contributed by atoms with Gasteiger partial charge in [-0.3, -0.25) is 9.78 Å². The molecule has 0 unspecified atom stereocenters. The van der Waals surface area contributed by atoms with Crippen LogP contribution in [0.25, 0.3) is 0 Å². The Morgan fingerprint density at radius 2 is 1.89 bits per heavy atom. The van der Waals surface area contributed by atoms with Crippen LogP contribution in [-0.2, 0) is 12.8 Å². The standard InChI is InChI=1S/C14H22N4O/c19-13-11-6-8-15-9-7-12(11)17-14(18-13)16-10-4-2-1-3-5-10/h10,15H,1-9H2,(H2,16,17,18,19). The molecule has 0 saturated heterocycles. The molecule has 5 heteroatoms. The SMILES string of the molecule is O=c1[nH]c(NC2CCCCC2)nc2c1CCNCC2. The predicted octanol–water partition coefficient (Wildman–Crippen LogP) is 1.20. The van der Waals surface area contributed by atoms with Crippen LogP contribution in [0.4, 0.5) is 5.95 Å². The normalized spacial score (nSPS) is 20.6. The first-order valence-electron chi connectivity index (χ1n) is 7.42. The zero-order valence-electron chi connectivity index (χ0n) is 11.3. The van der Waals surface area contributed by atoms with Crippen molar-refractivity contribution in [3.8, 4) is 0 Å². The van der Waals surface area contributed by atoms with Crippen LogP contribution in [0.2, 0.25) is 0 Å². The van der Waals surface area contributed by atoms with Gasteiger partial charge in [-0.15, -0.1) is 0 Å². The molecule has 3 rings (SSSR count). The van der Waals surface area contributed by atoms with E-state index in [1.165, 1.54) is 32.1 Å². The van der Waals surface area contributed by atoms with Crippen molar-refractivity contribution in [3.63, 3.8) is 0 Å². The first kappa shape index (κ1) is 12.7. The second-order valence-corrected chi connectivity index (χ2v) is 5.57. The molecule has 1 aromatic rings. The zero-order chi connectivity index (χ0) is 13.1. The van der Waals surface area contributed by atoms with Gasteiger partial charge in [0, 0.05) is 24.6 Å². The zero-order valence-corrected chi connectivity index (χ0v) is 11.3. The summed E-state index contributed by atoms with van der Waals surface area (Å²) in [6.07, 6.45) is 7.87. The van der Waals surface area contributed by atoms with Gasteiger partial charge in [0.25, 0.3) is 5.56 Å². The Labute approximate surface area is 113 Å². The molecule has 0 amide bonds. The number of nitrogens with one attached hydrogen (secondary N) is 3. The highest BCUT2D eigenvalue weighted by Gasteiger charge is 2.17. The summed E-state index contributed by atoms with van der Waals surface area (Å²) >= 11 is 0. The number of anilines is 1. The molecule has 1 aliphatic heterocycles. The van der Waals surface area contributed by atoms with Gasteiger partial charge in [-0.05, 0) is 25.8 Å². The molecule has 3 N–H and O–H groups in total. The molecular formula is C14H22N4O. The molecule has 0 radical (unpaired) electrons. The van der Waals surface area contributed by atoms with Crippen LogP contribution in [0.1, 0.15) is 43.4 Å². The minimum absolute atomic E-state index is 0.0343. The fraction of sp³-hybridized carbons (Fsp3) is 0.714. The van der Waals surface area contributed by atoms with Gasteiger partial charge in [0.1, 0.15) is 0 Å². The molecule has 0 aromatic carbocycles. The highest BCUT2D eigenvalue weighted by atomic mass is 16.1. The summed E-state index contributed by atoms with van der Waals surface area (Å²) in [5.41, 5.74) is 1.86. The summed E-state index contributed by atoms with van der Waals surface area (Å²) in [6, 6.07) is 0.471. The van der Waals surface area contributed by atoms with Crippen molar-refractivity contribution in [2.45, 2.75) is 51.0 Å². The first-order chi connectivity index (χ1) is 9.33. The van der Waals surface area contributed by atoms with Crippen molar-refractivity contribution < 1.29 is 0 Å². The lowest BCUT2D eigenvalue weighted by Gasteiger charge is -2.23. The number of aromatic amines is 1. The van der Waals surface area contributed by atoms with E-state index in [4.69, 9.17) is 0 Å². The highest BCUT2D eigenvalue weighted by Crippen LogP contribution is 2.20. The van der Waals surface area contributed by atoms with Gasteiger partial charge in [0.15, 0.2) is 0 Å². The van der Waals surface area contributed by atoms with Gasteiger partial charge in [-0.2, -0.15) is 0 Å². The van der Waals surface area contributed by atoms with E-state index in [-0.39, 0.29) is 5.56 Å². The average molecular weight is 262 g/mol. The summed E-state index contributed by atoms with van der Waals surface area (Å²) < 4.78 is 0. The molecular weight excluding hydrogens is 240 g/mol. The largest absolute Gasteiger partial charge is 0.353 e. The molecule has 0 spiro atoms. The fourth-order valence-corrected chi connectivity index (χ4v) is 3.06. The summed E-state index contributed by atoms with van der Waals surface area (Å²) in [5, 5.41) is 6.71. The van der Waals surface area contributed by atoms with Gasteiger partial charge in [-0.1, -0.05) is 19.3 Å². The van der Waals surface area contributed by atoms with Crippen molar-refractivity contribution in [1.82, 2.24) is 15.3 Å².